The van der Waals surface area contributed by atoms with Gasteiger partial charge >= 0.3 is 0 Å². The molecule has 0 radical (unpaired) electrons. The maximum atomic E-state index is 12.0. The molecule has 2 atom stereocenters. The van der Waals surface area contributed by atoms with Gasteiger partial charge in [0.2, 0.25) is 0 Å². The van der Waals surface area contributed by atoms with Crippen molar-refractivity contribution in [1.29, 1.82) is 0 Å². The van der Waals surface area contributed by atoms with E-state index in [1.807, 2.05) is 30.3 Å². The van der Waals surface area contributed by atoms with E-state index >= 15 is 0 Å². The molecule has 1 aromatic rings. The number of ether oxygens (including phenoxy) is 1. The molecular weight excluding hydrogens is 288 g/mol. The second-order valence-corrected chi connectivity index (χ2v) is 8.82. The Balaban J connectivity index is 1.50. The molecule has 0 aliphatic carbocycles. The molecule has 0 spiro atoms. The molecule has 1 N–H and O–H groups in total. The highest BCUT2D eigenvalue weighted by Crippen LogP contribution is 2.44. The zero-order valence-electron chi connectivity index (χ0n) is 12.1. The minimum Gasteiger partial charge on any atom is -0.494 e. The number of hydrogen-bond acceptors (Lipinski definition) is 4. The van der Waals surface area contributed by atoms with Gasteiger partial charge in [-0.3, -0.25) is 0 Å². The summed E-state index contributed by atoms with van der Waals surface area (Å²) in [5.74, 6) is 0.829. The number of sulfone groups is 1. The van der Waals surface area contributed by atoms with Crippen LogP contribution in [0.3, 0.4) is 0 Å². The normalized spacial score (nSPS) is 33.8. The molecule has 116 valence electrons. The van der Waals surface area contributed by atoms with Gasteiger partial charge < -0.3 is 9.84 Å². The highest BCUT2D eigenvalue weighted by atomic mass is 32.2. The Morgan fingerprint density at radius 1 is 1.14 bits per heavy atom. The molecule has 4 nitrogen and oxygen atoms in total. The lowest BCUT2D eigenvalue weighted by atomic mass is 9.89. The molecule has 3 rings (SSSR count). The van der Waals surface area contributed by atoms with Gasteiger partial charge in [0, 0.05) is 0 Å². The first kappa shape index (κ1) is 14.9. The van der Waals surface area contributed by atoms with Gasteiger partial charge in [-0.2, -0.15) is 0 Å². The van der Waals surface area contributed by atoms with Crippen LogP contribution in [0.5, 0.6) is 5.75 Å². The average molecular weight is 310 g/mol. The van der Waals surface area contributed by atoms with Crippen molar-refractivity contribution in [2.75, 3.05) is 6.61 Å². The van der Waals surface area contributed by atoms with Gasteiger partial charge in [-0.25, -0.2) is 8.42 Å². The molecular formula is C16H22O4S. The Bertz CT molecular complexity index is 562. The molecule has 2 saturated heterocycles. The van der Waals surface area contributed by atoms with Crippen LogP contribution in [0.25, 0.3) is 0 Å². The summed E-state index contributed by atoms with van der Waals surface area (Å²) in [7, 11) is -2.96. The van der Waals surface area contributed by atoms with Gasteiger partial charge in [-0.1, -0.05) is 18.2 Å². The molecule has 0 aromatic heterocycles. The lowest BCUT2D eigenvalue weighted by Crippen LogP contribution is -2.45. The maximum absolute atomic E-state index is 12.0. The third-order valence-electron chi connectivity index (χ3n) is 4.75. The van der Waals surface area contributed by atoms with Gasteiger partial charge in [0.05, 0.1) is 22.7 Å². The van der Waals surface area contributed by atoms with Crippen LogP contribution < -0.4 is 4.74 Å². The van der Waals surface area contributed by atoms with Gasteiger partial charge in [0.15, 0.2) is 9.84 Å². The summed E-state index contributed by atoms with van der Waals surface area (Å²) >= 11 is 0. The van der Waals surface area contributed by atoms with E-state index in [2.05, 4.69) is 0 Å². The van der Waals surface area contributed by atoms with Crippen LogP contribution in [-0.4, -0.2) is 36.2 Å². The van der Waals surface area contributed by atoms with Crippen LogP contribution in [0, 0.1) is 0 Å². The third-order valence-corrected chi connectivity index (χ3v) is 7.42. The molecule has 1 aromatic carbocycles. The number of para-hydroxylation sites is 1. The summed E-state index contributed by atoms with van der Waals surface area (Å²) in [6.45, 7) is 0.550. The molecule has 0 saturated carbocycles. The molecule has 2 fully saturated rings. The van der Waals surface area contributed by atoms with Crippen LogP contribution in [-0.2, 0) is 9.84 Å². The lowest BCUT2D eigenvalue weighted by molar-refractivity contribution is 0.00844. The molecule has 2 aliphatic rings. The van der Waals surface area contributed by atoms with Crippen LogP contribution in [0.2, 0.25) is 0 Å². The van der Waals surface area contributed by atoms with Gasteiger partial charge in [0.25, 0.3) is 0 Å². The zero-order chi connectivity index (χ0) is 14.9. The first-order chi connectivity index (χ1) is 10.00. The maximum Gasteiger partial charge on any atom is 0.156 e. The zero-order valence-corrected chi connectivity index (χ0v) is 12.9. The molecule has 0 amide bonds. The van der Waals surface area contributed by atoms with Crippen molar-refractivity contribution in [2.45, 2.75) is 54.6 Å². The fourth-order valence-corrected chi connectivity index (χ4v) is 6.21. The van der Waals surface area contributed by atoms with Crippen molar-refractivity contribution in [1.82, 2.24) is 0 Å². The number of benzene rings is 1. The van der Waals surface area contributed by atoms with Crippen LogP contribution >= 0.6 is 0 Å². The van der Waals surface area contributed by atoms with Gasteiger partial charge in [0.1, 0.15) is 5.75 Å². The van der Waals surface area contributed by atoms with E-state index in [9.17, 15) is 13.5 Å². The second kappa shape index (κ2) is 5.61. The highest BCUT2D eigenvalue weighted by Gasteiger charge is 2.52. The van der Waals surface area contributed by atoms with Gasteiger partial charge in [-0.15, -0.1) is 0 Å². The van der Waals surface area contributed by atoms with Crippen molar-refractivity contribution in [3.8, 4) is 5.75 Å². The summed E-state index contributed by atoms with van der Waals surface area (Å²) < 4.78 is 29.7. The Morgan fingerprint density at radius 2 is 1.76 bits per heavy atom. The monoisotopic (exact) mass is 310 g/mol. The number of rotatable bonds is 5. The molecule has 2 unspecified atom stereocenters. The minimum atomic E-state index is -2.96. The van der Waals surface area contributed by atoms with E-state index in [4.69, 9.17) is 4.74 Å². The molecule has 5 heteroatoms. The Kier molecular flexibility index (Phi) is 3.97. The summed E-state index contributed by atoms with van der Waals surface area (Å²) in [5, 5.41) is 10.0. The van der Waals surface area contributed by atoms with E-state index < -0.39 is 15.4 Å². The van der Waals surface area contributed by atoms with E-state index in [0.717, 1.165) is 25.0 Å². The summed E-state index contributed by atoms with van der Waals surface area (Å²) in [6.07, 6.45) is 3.59. The lowest BCUT2D eigenvalue weighted by Gasteiger charge is -2.36. The predicted molar refractivity (Wildman–Crippen MR) is 81.1 cm³/mol. The number of hydrogen-bond donors (Lipinski definition) is 1. The standard InChI is InChI=1S/C16H22O4S/c17-16(9-4-10-20-13-5-2-1-3-6-13)11-14-7-8-15(12-16)21(14,18)19/h1-3,5-6,14-15,17H,4,7-12H2. The van der Waals surface area contributed by atoms with E-state index in [-0.39, 0.29) is 10.5 Å². The molecule has 2 bridgehead atoms. The topological polar surface area (TPSA) is 63.6 Å². The predicted octanol–water partition coefficient (Wildman–Crippen LogP) is 2.32. The summed E-state index contributed by atoms with van der Waals surface area (Å²) in [5.41, 5.74) is -0.822. The van der Waals surface area contributed by atoms with Crippen LogP contribution in [0.1, 0.15) is 38.5 Å². The van der Waals surface area contributed by atoms with Crippen molar-refractivity contribution >= 4 is 9.84 Å². The number of fused-ring (bicyclic) bond motifs is 2. The first-order valence-corrected chi connectivity index (χ1v) is 9.23. The van der Waals surface area contributed by atoms with E-state index in [1.54, 1.807) is 0 Å². The molecule has 2 aliphatic heterocycles. The SMILES string of the molecule is O=S1(=O)C2CCC1CC(O)(CCCOc1ccccc1)C2. The van der Waals surface area contributed by atoms with E-state index in [0.29, 0.717) is 25.9 Å². The van der Waals surface area contributed by atoms with Gasteiger partial charge in [-0.05, 0) is 50.7 Å². The Hall–Kier alpha value is -1.07. The Morgan fingerprint density at radius 3 is 2.38 bits per heavy atom. The second-order valence-electron chi connectivity index (χ2n) is 6.31. The van der Waals surface area contributed by atoms with Crippen LogP contribution in [0.15, 0.2) is 30.3 Å². The van der Waals surface area contributed by atoms with Crippen molar-refractivity contribution in [2.24, 2.45) is 0 Å². The fraction of sp³-hybridized carbons (Fsp3) is 0.625. The molecule has 21 heavy (non-hydrogen) atoms. The molecule has 2 heterocycles. The quantitative estimate of drug-likeness (QED) is 0.848. The third kappa shape index (κ3) is 3.09. The summed E-state index contributed by atoms with van der Waals surface area (Å²) in [6, 6.07) is 9.59. The Labute approximate surface area is 126 Å². The fourth-order valence-electron chi connectivity index (χ4n) is 3.65. The average Bonchev–Trinajstić information content (AvgIpc) is 2.65. The highest BCUT2D eigenvalue weighted by molar-refractivity contribution is 7.93. The minimum absolute atomic E-state index is 0.323. The van der Waals surface area contributed by atoms with E-state index in [1.165, 1.54) is 0 Å². The number of aliphatic hydroxyl groups is 1. The first-order valence-electron chi connectivity index (χ1n) is 7.63. The smallest absolute Gasteiger partial charge is 0.156 e. The van der Waals surface area contributed by atoms with Crippen molar-refractivity contribution < 1.29 is 18.3 Å². The van der Waals surface area contributed by atoms with Crippen molar-refractivity contribution in [3.05, 3.63) is 30.3 Å². The summed E-state index contributed by atoms with van der Waals surface area (Å²) in [4.78, 5) is 0. The van der Waals surface area contributed by atoms with Crippen molar-refractivity contribution in [3.63, 3.8) is 0 Å². The largest absolute Gasteiger partial charge is 0.494 e. The van der Waals surface area contributed by atoms with Crippen LogP contribution in [0.4, 0.5) is 0 Å².